The van der Waals surface area contributed by atoms with Crippen molar-refractivity contribution in [3.63, 3.8) is 0 Å². The van der Waals surface area contributed by atoms with Crippen LogP contribution < -0.4 is 5.56 Å². The molecule has 0 saturated heterocycles. The van der Waals surface area contributed by atoms with E-state index in [9.17, 15) is 4.79 Å². The molecule has 0 aromatic carbocycles. The van der Waals surface area contributed by atoms with Gasteiger partial charge in [0.2, 0.25) is 5.28 Å². The summed E-state index contributed by atoms with van der Waals surface area (Å²) in [6.45, 7) is 6.25. The van der Waals surface area contributed by atoms with Crippen molar-refractivity contribution in [3.8, 4) is 21.8 Å². The van der Waals surface area contributed by atoms with Crippen LogP contribution in [0.3, 0.4) is 0 Å². The van der Waals surface area contributed by atoms with Crippen LogP contribution in [0.25, 0.3) is 21.8 Å². The van der Waals surface area contributed by atoms with Crippen molar-refractivity contribution in [2.45, 2.75) is 26.2 Å². The van der Waals surface area contributed by atoms with E-state index in [0.717, 1.165) is 9.88 Å². The van der Waals surface area contributed by atoms with Crippen molar-refractivity contribution in [1.29, 1.82) is 0 Å². The fourth-order valence-electron chi connectivity index (χ4n) is 2.07. The Balaban J connectivity index is 2.28. The van der Waals surface area contributed by atoms with Gasteiger partial charge in [-0.05, 0) is 29.8 Å². The maximum absolute atomic E-state index is 12.2. The lowest BCUT2D eigenvalue weighted by atomic mass is 9.98. The van der Waals surface area contributed by atoms with Gasteiger partial charge >= 0.3 is 0 Å². The van der Waals surface area contributed by atoms with E-state index < -0.39 is 0 Å². The molecule has 0 amide bonds. The molecule has 1 N–H and O–H groups in total. The second kappa shape index (κ2) is 5.86. The van der Waals surface area contributed by atoms with Crippen molar-refractivity contribution < 1.29 is 0 Å². The third kappa shape index (κ3) is 3.18. The molecule has 0 saturated carbocycles. The van der Waals surface area contributed by atoms with E-state index in [-0.39, 0.29) is 16.3 Å². The van der Waals surface area contributed by atoms with E-state index >= 15 is 0 Å². The number of pyridine rings is 1. The zero-order chi connectivity index (χ0) is 16.6. The normalized spacial score (nSPS) is 11.7. The first-order chi connectivity index (χ1) is 10.9. The van der Waals surface area contributed by atoms with Crippen LogP contribution in [0.4, 0.5) is 0 Å². The Kier molecular flexibility index (Phi) is 4.04. The SMILES string of the molecule is CC(C)(C)c1nc(-c2ccc[nH]c2=O)c(-c2ccnc(Cl)n2)s1. The van der Waals surface area contributed by atoms with Gasteiger partial charge in [-0.1, -0.05) is 20.8 Å². The number of nitrogens with zero attached hydrogens (tertiary/aromatic N) is 3. The Hall–Kier alpha value is -2.05. The van der Waals surface area contributed by atoms with Gasteiger partial charge in [-0.2, -0.15) is 0 Å². The summed E-state index contributed by atoms with van der Waals surface area (Å²) in [5.41, 5.74) is 1.49. The first-order valence-electron chi connectivity index (χ1n) is 7.04. The van der Waals surface area contributed by atoms with Gasteiger partial charge < -0.3 is 4.98 Å². The first kappa shape index (κ1) is 15.8. The lowest BCUT2D eigenvalue weighted by molar-refractivity contribution is 0.586. The number of nitrogens with one attached hydrogen (secondary N) is 1. The highest BCUT2D eigenvalue weighted by Gasteiger charge is 2.24. The summed E-state index contributed by atoms with van der Waals surface area (Å²) in [4.78, 5) is 28.6. The van der Waals surface area contributed by atoms with Crippen molar-refractivity contribution in [1.82, 2.24) is 19.9 Å². The molecule has 23 heavy (non-hydrogen) atoms. The van der Waals surface area contributed by atoms with Crippen molar-refractivity contribution >= 4 is 22.9 Å². The summed E-state index contributed by atoms with van der Waals surface area (Å²) >= 11 is 7.43. The average Bonchev–Trinajstić information content (AvgIpc) is 2.93. The maximum atomic E-state index is 12.2. The predicted molar refractivity (Wildman–Crippen MR) is 92.9 cm³/mol. The number of hydrogen-bond acceptors (Lipinski definition) is 5. The van der Waals surface area contributed by atoms with Crippen LogP contribution in [0.5, 0.6) is 0 Å². The highest BCUT2D eigenvalue weighted by Crippen LogP contribution is 2.39. The molecule has 0 bridgehead atoms. The van der Waals surface area contributed by atoms with Crippen molar-refractivity contribution in [2.24, 2.45) is 0 Å². The lowest BCUT2D eigenvalue weighted by Gasteiger charge is -2.13. The molecule has 0 aliphatic rings. The summed E-state index contributed by atoms with van der Waals surface area (Å²) in [6.07, 6.45) is 3.20. The highest BCUT2D eigenvalue weighted by atomic mass is 35.5. The Morgan fingerprint density at radius 1 is 1.22 bits per heavy atom. The molecule has 0 radical (unpaired) electrons. The number of H-pyrrole nitrogens is 1. The smallest absolute Gasteiger partial charge is 0.257 e. The number of rotatable bonds is 2. The largest absolute Gasteiger partial charge is 0.329 e. The number of aromatic nitrogens is 4. The van der Waals surface area contributed by atoms with Crippen LogP contribution in [0, 0.1) is 0 Å². The third-order valence-corrected chi connectivity index (χ3v) is 4.89. The van der Waals surface area contributed by atoms with E-state index in [1.165, 1.54) is 11.3 Å². The van der Waals surface area contributed by atoms with E-state index in [2.05, 4.69) is 35.7 Å². The van der Waals surface area contributed by atoms with Crippen molar-refractivity contribution in [2.75, 3.05) is 0 Å². The molecule has 3 heterocycles. The maximum Gasteiger partial charge on any atom is 0.257 e. The van der Waals surface area contributed by atoms with E-state index in [4.69, 9.17) is 16.6 Å². The molecular formula is C16H15ClN4OS. The van der Waals surface area contributed by atoms with Gasteiger partial charge in [0.1, 0.15) is 0 Å². The first-order valence-corrected chi connectivity index (χ1v) is 8.24. The Morgan fingerprint density at radius 2 is 2.00 bits per heavy atom. The fourth-order valence-corrected chi connectivity index (χ4v) is 3.32. The molecule has 0 fully saturated rings. The monoisotopic (exact) mass is 346 g/mol. The molecule has 118 valence electrons. The zero-order valence-electron chi connectivity index (χ0n) is 12.9. The fraction of sp³-hybridized carbons (Fsp3) is 0.250. The van der Waals surface area contributed by atoms with Gasteiger partial charge in [0.05, 0.1) is 26.8 Å². The minimum Gasteiger partial charge on any atom is -0.329 e. The molecule has 0 aliphatic carbocycles. The number of hydrogen-bond donors (Lipinski definition) is 1. The van der Waals surface area contributed by atoms with Crippen LogP contribution in [0.15, 0.2) is 35.4 Å². The molecule has 7 heteroatoms. The van der Waals surface area contributed by atoms with Gasteiger partial charge in [-0.15, -0.1) is 11.3 Å². The van der Waals surface area contributed by atoms with Crippen LogP contribution in [0.2, 0.25) is 5.28 Å². The molecule has 0 spiro atoms. The van der Waals surface area contributed by atoms with Gasteiger partial charge in [0, 0.05) is 17.8 Å². The number of halogens is 1. The number of aromatic amines is 1. The van der Waals surface area contributed by atoms with Crippen LogP contribution in [-0.2, 0) is 5.41 Å². The van der Waals surface area contributed by atoms with E-state index in [1.54, 1.807) is 30.6 Å². The summed E-state index contributed by atoms with van der Waals surface area (Å²) in [6, 6.07) is 5.31. The molecule has 0 aliphatic heterocycles. The van der Waals surface area contributed by atoms with E-state index in [1.807, 2.05) is 0 Å². The minimum absolute atomic E-state index is 0.129. The Bertz CT molecular complexity index is 911. The molecule has 3 rings (SSSR count). The summed E-state index contributed by atoms with van der Waals surface area (Å²) in [5, 5.41) is 1.10. The van der Waals surface area contributed by atoms with Gasteiger partial charge in [-0.25, -0.2) is 15.0 Å². The van der Waals surface area contributed by atoms with Crippen LogP contribution in [-0.4, -0.2) is 19.9 Å². The molecule has 3 aromatic heterocycles. The van der Waals surface area contributed by atoms with Gasteiger partial charge in [-0.3, -0.25) is 4.79 Å². The summed E-state index contributed by atoms with van der Waals surface area (Å²) in [7, 11) is 0. The van der Waals surface area contributed by atoms with E-state index in [0.29, 0.717) is 17.0 Å². The standard InChI is InChI=1S/C16H15ClN4OS/c1-16(2,3)14-21-11(9-5-4-7-18-13(9)22)12(23-14)10-6-8-19-15(17)20-10/h4-8H,1-3H3,(H,18,22). The lowest BCUT2D eigenvalue weighted by Crippen LogP contribution is -2.11. The summed E-state index contributed by atoms with van der Waals surface area (Å²) in [5.74, 6) is 0. The topological polar surface area (TPSA) is 71.5 Å². The highest BCUT2D eigenvalue weighted by molar-refractivity contribution is 7.15. The second-order valence-corrected chi connectivity index (χ2v) is 7.41. The molecular weight excluding hydrogens is 332 g/mol. The van der Waals surface area contributed by atoms with Crippen LogP contribution >= 0.6 is 22.9 Å². The number of thiazole rings is 1. The minimum atomic E-state index is -0.181. The summed E-state index contributed by atoms with van der Waals surface area (Å²) < 4.78 is 0. The molecule has 0 atom stereocenters. The Labute approximate surface area is 142 Å². The second-order valence-electron chi connectivity index (χ2n) is 6.07. The predicted octanol–water partition coefficient (Wildman–Crippen LogP) is 3.91. The Morgan fingerprint density at radius 3 is 2.65 bits per heavy atom. The zero-order valence-corrected chi connectivity index (χ0v) is 14.5. The van der Waals surface area contributed by atoms with Gasteiger partial charge in [0.15, 0.2) is 0 Å². The van der Waals surface area contributed by atoms with Gasteiger partial charge in [0.25, 0.3) is 5.56 Å². The molecule has 3 aromatic rings. The average molecular weight is 347 g/mol. The molecule has 0 unspecified atom stereocenters. The van der Waals surface area contributed by atoms with Crippen LogP contribution in [0.1, 0.15) is 25.8 Å². The van der Waals surface area contributed by atoms with Crippen molar-refractivity contribution in [3.05, 3.63) is 51.2 Å². The molecule has 5 nitrogen and oxygen atoms in total. The quantitative estimate of drug-likeness (QED) is 0.714. The third-order valence-electron chi connectivity index (χ3n) is 3.20.